The van der Waals surface area contributed by atoms with Crippen LogP contribution in [0.1, 0.15) is 29.8 Å². The quantitative estimate of drug-likeness (QED) is 0.743. The number of halogens is 1. The highest BCUT2D eigenvalue weighted by molar-refractivity contribution is 7.94. The van der Waals surface area contributed by atoms with Gasteiger partial charge in [0.05, 0.1) is 22.4 Å². The van der Waals surface area contributed by atoms with Crippen molar-refractivity contribution in [3.05, 3.63) is 64.7 Å². The van der Waals surface area contributed by atoms with E-state index in [0.29, 0.717) is 13.1 Å². The van der Waals surface area contributed by atoms with Crippen molar-refractivity contribution in [1.82, 2.24) is 4.90 Å². The molecular formula is C20H21ClN2O4S. The van der Waals surface area contributed by atoms with Gasteiger partial charge in [-0.25, -0.2) is 12.7 Å². The second-order valence-corrected chi connectivity index (χ2v) is 9.02. The first-order chi connectivity index (χ1) is 13.2. The molecule has 1 atom stereocenters. The predicted molar refractivity (Wildman–Crippen MR) is 109 cm³/mol. The number of benzene rings is 2. The summed E-state index contributed by atoms with van der Waals surface area (Å²) in [4.78, 5) is 27.0. The van der Waals surface area contributed by atoms with Crippen LogP contribution in [0.15, 0.2) is 48.5 Å². The topological polar surface area (TPSA) is 74.8 Å². The first kappa shape index (κ1) is 20.4. The Morgan fingerprint density at radius 2 is 1.89 bits per heavy atom. The lowest BCUT2D eigenvalue weighted by Crippen LogP contribution is -2.32. The first-order valence-electron chi connectivity index (χ1n) is 8.94. The molecule has 0 spiro atoms. The molecule has 2 aromatic rings. The summed E-state index contributed by atoms with van der Waals surface area (Å²) in [5, 5.41) is 0.105. The average Bonchev–Trinajstić information content (AvgIpc) is 2.87. The molecule has 1 aliphatic rings. The predicted octanol–water partition coefficient (Wildman–Crippen LogP) is 3.31. The van der Waals surface area contributed by atoms with E-state index in [9.17, 15) is 18.0 Å². The normalized spacial score (nSPS) is 18.3. The van der Waals surface area contributed by atoms with E-state index in [1.807, 2.05) is 37.3 Å². The molecule has 1 saturated heterocycles. The minimum absolute atomic E-state index is 0.0256. The van der Waals surface area contributed by atoms with Gasteiger partial charge in [-0.2, -0.15) is 0 Å². The van der Waals surface area contributed by atoms with Crippen molar-refractivity contribution in [2.75, 3.05) is 16.6 Å². The maximum absolute atomic E-state index is 13.0. The Labute approximate surface area is 169 Å². The standard InChI is InChI=1S/C20H21ClN2O4S/c1-3-22(12-15-7-5-4-6-8-15)20(25)16-9-10-17(21)18(11-16)23-19(24)14(2)13-28(23,26)27/h4-11,14H,3,12-13H2,1-2H3. The van der Waals surface area contributed by atoms with E-state index in [4.69, 9.17) is 11.6 Å². The van der Waals surface area contributed by atoms with Gasteiger partial charge in [0.15, 0.2) is 0 Å². The Morgan fingerprint density at radius 1 is 1.21 bits per heavy atom. The van der Waals surface area contributed by atoms with Crippen LogP contribution < -0.4 is 4.31 Å². The maximum atomic E-state index is 13.0. The van der Waals surface area contributed by atoms with Crippen molar-refractivity contribution < 1.29 is 18.0 Å². The Balaban J connectivity index is 1.94. The van der Waals surface area contributed by atoms with Crippen molar-refractivity contribution >= 4 is 39.1 Å². The zero-order valence-corrected chi connectivity index (χ0v) is 17.2. The van der Waals surface area contributed by atoms with Crippen molar-refractivity contribution in [3.8, 4) is 0 Å². The lowest BCUT2D eigenvalue weighted by atomic mass is 10.1. The molecule has 2 aromatic carbocycles. The maximum Gasteiger partial charge on any atom is 0.254 e. The zero-order valence-electron chi connectivity index (χ0n) is 15.6. The molecular weight excluding hydrogens is 400 g/mol. The van der Waals surface area contributed by atoms with Crippen LogP contribution in [0.5, 0.6) is 0 Å². The first-order valence-corrected chi connectivity index (χ1v) is 10.9. The molecule has 0 radical (unpaired) electrons. The van der Waals surface area contributed by atoms with Gasteiger partial charge in [-0.3, -0.25) is 9.59 Å². The highest BCUT2D eigenvalue weighted by atomic mass is 35.5. The summed E-state index contributed by atoms with van der Waals surface area (Å²) < 4.78 is 25.5. The number of carbonyl (C=O) groups excluding carboxylic acids is 2. The summed E-state index contributed by atoms with van der Waals surface area (Å²) in [6, 6.07) is 13.9. The van der Waals surface area contributed by atoms with Crippen molar-refractivity contribution in [3.63, 3.8) is 0 Å². The van der Waals surface area contributed by atoms with Crippen LogP contribution in [0.4, 0.5) is 5.69 Å². The van der Waals surface area contributed by atoms with E-state index in [1.54, 1.807) is 17.9 Å². The summed E-state index contributed by atoms with van der Waals surface area (Å²) in [5.41, 5.74) is 1.29. The second-order valence-electron chi connectivity index (χ2n) is 6.75. The molecule has 1 heterocycles. The summed E-state index contributed by atoms with van der Waals surface area (Å²) in [6.07, 6.45) is 0. The fourth-order valence-electron chi connectivity index (χ4n) is 3.18. The molecule has 0 aromatic heterocycles. The zero-order chi connectivity index (χ0) is 20.5. The van der Waals surface area contributed by atoms with Gasteiger partial charge < -0.3 is 4.90 Å². The van der Waals surface area contributed by atoms with Crippen LogP contribution in [0.3, 0.4) is 0 Å². The second kappa shape index (κ2) is 7.93. The molecule has 1 aliphatic heterocycles. The summed E-state index contributed by atoms with van der Waals surface area (Å²) in [6.45, 7) is 4.32. The summed E-state index contributed by atoms with van der Waals surface area (Å²) >= 11 is 6.18. The van der Waals surface area contributed by atoms with Crippen molar-refractivity contribution in [2.45, 2.75) is 20.4 Å². The number of hydrogen-bond donors (Lipinski definition) is 0. The summed E-state index contributed by atoms with van der Waals surface area (Å²) in [5.74, 6) is -1.72. The van der Waals surface area contributed by atoms with Gasteiger partial charge in [-0.15, -0.1) is 0 Å². The van der Waals surface area contributed by atoms with E-state index in [2.05, 4.69) is 0 Å². The Hall–Kier alpha value is -2.38. The van der Waals surface area contributed by atoms with E-state index in [1.165, 1.54) is 12.1 Å². The van der Waals surface area contributed by atoms with Crippen molar-refractivity contribution in [1.29, 1.82) is 0 Å². The van der Waals surface area contributed by atoms with Crippen LogP contribution in [0.2, 0.25) is 5.02 Å². The SMILES string of the molecule is CCN(Cc1ccccc1)C(=O)c1ccc(Cl)c(N2C(=O)C(C)CS2(=O)=O)c1. The largest absolute Gasteiger partial charge is 0.335 e. The molecule has 0 saturated carbocycles. The van der Waals surface area contributed by atoms with Crippen LogP contribution >= 0.6 is 11.6 Å². The third-order valence-corrected chi connectivity index (χ3v) is 6.83. The van der Waals surface area contributed by atoms with E-state index < -0.39 is 21.8 Å². The number of amides is 2. The van der Waals surface area contributed by atoms with Gasteiger partial charge in [0.1, 0.15) is 0 Å². The monoisotopic (exact) mass is 420 g/mol. The van der Waals surface area contributed by atoms with Gasteiger partial charge in [-0.1, -0.05) is 48.9 Å². The Kier molecular flexibility index (Phi) is 5.76. The van der Waals surface area contributed by atoms with Gasteiger partial charge in [0.25, 0.3) is 5.91 Å². The van der Waals surface area contributed by atoms with Crippen LogP contribution in [0.25, 0.3) is 0 Å². The van der Waals surface area contributed by atoms with Gasteiger partial charge in [0.2, 0.25) is 15.9 Å². The third kappa shape index (κ3) is 3.91. The molecule has 148 valence electrons. The smallest absolute Gasteiger partial charge is 0.254 e. The van der Waals surface area contributed by atoms with E-state index in [-0.39, 0.29) is 27.9 Å². The number of nitrogens with zero attached hydrogens (tertiary/aromatic N) is 2. The van der Waals surface area contributed by atoms with Crippen LogP contribution in [0, 0.1) is 5.92 Å². The molecule has 0 bridgehead atoms. The van der Waals surface area contributed by atoms with Crippen LogP contribution in [-0.4, -0.2) is 37.4 Å². The molecule has 2 amide bonds. The van der Waals surface area contributed by atoms with Gasteiger partial charge in [-0.05, 0) is 30.7 Å². The number of hydrogen-bond acceptors (Lipinski definition) is 4. The number of carbonyl (C=O) groups is 2. The minimum atomic E-state index is -3.80. The molecule has 1 fully saturated rings. The molecule has 6 nitrogen and oxygen atoms in total. The molecule has 0 aliphatic carbocycles. The van der Waals surface area contributed by atoms with Gasteiger partial charge >= 0.3 is 0 Å². The van der Waals surface area contributed by atoms with Gasteiger partial charge in [0, 0.05) is 18.7 Å². The fourth-order valence-corrected chi connectivity index (χ4v) is 5.26. The fraction of sp³-hybridized carbons (Fsp3) is 0.300. The molecule has 28 heavy (non-hydrogen) atoms. The number of anilines is 1. The Morgan fingerprint density at radius 3 is 2.46 bits per heavy atom. The number of sulfonamides is 1. The van der Waals surface area contributed by atoms with Crippen molar-refractivity contribution in [2.24, 2.45) is 5.92 Å². The molecule has 8 heteroatoms. The Bertz CT molecular complexity index is 1010. The number of rotatable bonds is 5. The lowest BCUT2D eigenvalue weighted by Gasteiger charge is -2.23. The molecule has 0 N–H and O–H groups in total. The molecule has 1 unspecified atom stereocenters. The average molecular weight is 421 g/mol. The highest BCUT2D eigenvalue weighted by Gasteiger charge is 2.43. The highest BCUT2D eigenvalue weighted by Crippen LogP contribution is 2.34. The lowest BCUT2D eigenvalue weighted by molar-refractivity contribution is -0.119. The third-order valence-electron chi connectivity index (χ3n) is 4.66. The van der Waals surface area contributed by atoms with Crippen LogP contribution in [-0.2, 0) is 21.4 Å². The minimum Gasteiger partial charge on any atom is -0.335 e. The van der Waals surface area contributed by atoms with E-state index in [0.717, 1.165) is 9.87 Å². The summed E-state index contributed by atoms with van der Waals surface area (Å²) in [7, 11) is -3.80. The van der Waals surface area contributed by atoms with E-state index >= 15 is 0 Å². The molecule has 3 rings (SSSR count).